The van der Waals surface area contributed by atoms with Gasteiger partial charge in [0.25, 0.3) is 0 Å². The van der Waals surface area contributed by atoms with Gasteiger partial charge >= 0.3 is 5.95 Å². The maximum Gasteiger partial charge on any atom is 0.304 e. The van der Waals surface area contributed by atoms with E-state index in [1.54, 1.807) is 13.3 Å². The average molecular weight is 213 g/mol. The first-order valence-corrected chi connectivity index (χ1v) is 7.79. The molecule has 1 aromatic heterocycles. The van der Waals surface area contributed by atoms with E-state index in [1.165, 1.54) is 0 Å². The second-order valence-electron chi connectivity index (χ2n) is 5.06. The number of hydrogen-bond acceptors (Lipinski definition) is 3. The summed E-state index contributed by atoms with van der Waals surface area (Å²) in [5.74, 6) is 0.504. The zero-order valence-corrected chi connectivity index (χ0v) is 10.8. The van der Waals surface area contributed by atoms with E-state index in [2.05, 4.69) is 38.8 Å². The summed E-state index contributed by atoms with van der Waals surface area (Å²) in [6, 6.07) is 0. The van der Waals surface area contributed by atoms with Crippen LogP contribution in [0.4, 0.5) is 0 Å². The second kappa shape index (κ2) is 3.42. The van der Waals surface area contributed by atoms with Gasteiger partial charge in [-0.15, -0.1) is 0 Å². The highest BCUT2D eigenvalue weighted by Gasteiger charge is 2.41. The molecule has 0 saturated heterocycles. The van der Waals surface area contributed by atoms with Crippen LogP contribution in [0.3, 0.4) is 0 Å². The molecule has 0 fully saturated rings. The number of ether oxygens (including phenoxy) is 1. The molecule has 0 radical (unpaired) electrons. The van der Waals surface area contributed by atoms with E-state index in [-0.39, 0.29) is 5.04 Å². The summed E-state index contributed by atoms with van der Waals surface area (Å²) in [6.07, 6.45) is 1.65. The molecular weight excluding hydrogens is 194 g/mol. The molecule has 0 unspecified atom stereocenters. The van der Waals surface area contributed by atoms with E-state index < -0.39 is 8.07 Å². The third kappa shape index (κ3) is 1.85. The molecule has 0 saturated carbocycles. The van der Waals surface area contributed by atoms with E-state index >= 15 is 0 Å². The number of hydrogen-bond donors (Lipinski definition) is 0. The predicted octanol–water partition coefficient (Wildman–Crippen LogP) is 2.40. The fourth-order valence-corrected chi connectivity index (χ4v) is 2.35. The molecule has 3 nitrogen and oxygen atoms in total. The van der Waals surface area contributed by atoms with E-state index in [9.17, 15) is 0 Å². The smallest absolute Gasteiger partial charge is 0.304 e. The molecular formula is C10H19NO2Si. The molecule has 4 heteroatoms. The molecule has 1 rings (SSSR count). The Labute approximate surface area is 86.5 Å². The highest BCUT2D eigenvalue weighted by Crippen LogP contribution is 2.35. The van der Waals surface area contributed by atoms with Crippen molar-refractivity contribution >= 4 is 13.6 Å². The van der Waals surface area contributed by atoms with Crippen LogP contribution in [0.1, 0.15) is 20.8 Å². The number of oxazole rings is 1. The first-order chi connectivity index (χ1) is 6.29. The van der Waals surface area contributed by atoms with Crippen molar-refractivity contribution < 1.29 is 9.15 Å². The third-order valence-electron chi connectivity index (χ3n) is 3.10. The quantitative estimate of drug-likeness (QED) is 0.708. The highest BCUT2D eigenvalue weighted by molar-refractivity contribution is 6.90. The van der Waals surface area contributed by atoms with Gasteiger partial charge in [0.2, 0.25) is 0 Å². The lowest BCUT2D eigenvalue weighted by molar-refractivity contribution is 0.311. The average Bonchev–Trinajstić information content (AvgIpc) is 2.49. The molecule has 0 aromatic carbocycles. The number of rotatable bonds is 2. The maximum absolute atomic E-state index is 5.55. The Bertz CT molecular complexity index is 312. The molecule has 80 valence electrons. The van der Waals surface area contributed by atoms with Gasteiger partial charge in [-0.25, -0.2) is 4.98 Å². The van der Waals surface area contributed by atoms with E-state index in [0.717, 1.165) is 5.51 Å². The first kappa shape index (κ1) is 11.3. The Morgan fingerprint density at radius 1 is 1.36 bits per heavy atom. The Balaban J connectivity index is 3.04. The van der Waals surface area contributed by atoms with Crippen LogP contribution < -0.4 is 10.3 Å². The van der Waals surface area contributed by atoms with Crippen molar-refractivity contribution in [1.29, 1.82) is 0 Å². The molecule has 1 aromatic rings. The van der Waals surface area contributed by atoms with Crippen LogP contribution in [-0.4, -0.2) is 20.2 Å². The molecule has 0 spiro atoms. The summed E-state index contributed by atoms with van der Waals surface area (Å²) in [5, 5.41) is 0.239. The van der Waals surface area contributed by atoms with E-state index in [4.69, 9.17) is 9.15 Å². The van der Waals surface area contributed by atoms with Crippen molar-refractivity contribution in [3.63, 3.8) is 0 Å². The van der Waals surface area contributed by atoms with Gasteiger partial charge in [0.15, 0.2) is 13.6 Å². The zero-order chi connectivity index (χ0) is 11.0. The van der Waals surface area contributed by atoms with Crippen LogP contribution in [-0.2, 0) is 0 Å². The normalized spacial score (nSPS) is 13.0. The summed E-state index contributed by atoms with van der Waals surface area (Å²) in [4.78, 5) is 4.30. The molecule has 0 aliphatic rings. The van der Waals surface area contributed by atoms with E-state index in [0.29, 0.717) is 5.95 Å². The minimum Gasteiger partial charge on any atom is -0.467 e. The fourth-order valence-electron chi connectivity index (χ4n) is 0.963. The summed E-state index contributed by atoms with van der Waals surface area (Å²) < 4.78 is 10.5. The maximum atomic E-state index is 5.55. The lowest BCUT2D eigenvalue weighted by Crippen LogP contribution is -2.50. The minimum atomic E-state index is -1.63. The van der Waals surface area contributed by atoms with Gasteiger partial charge in [-0.2, -0.15) is 0 Å². The highest BCUT2D eigenvalue weighted by atomic mass is 28.3. The van der Waals surface area contributed by atoms with Crippen molar-refractivity contribution in [3.8, 4) is 5.95 Å². The predicted molar refractivity (Wildman–Crippen MR) is 59.9 cm³/mol. The molecule has 0 amide bonds. The van der Waals surface area contributed by atoms with Gasteiger partial charge in [0.05, 0.1) is 7.11 Å². The Hall–Kier alpha value is -0.773. The zero-order valence-electron chi connectivity index (χ0n) is 9.84. The molecule has 1 heterocycles. The van der Waals surface area contributed by atoms with Crippen LogP contribution in [0, 0.1) is 0 Å². The Morgan fingerprint density at radius 3 is 2.29 bits per heavy atom. The molecule has 14 heavy (non-hydrogen) atoms. The van der Waals surface area contributed by atoms with Gasteiger partial charge < -0.3 is 9.15 Å². The van der Waals surface area contributed by atoms with Gasteiger partial charge in [0.1, 0.15) is 6.20 Å². The number of methoxy groups -OCH3 is 1. The van der Waals surface area contributed by atoms with Crippen molar-refractivity contribution in [2.24, 2.45) is 0 Å². The standard InChI is InChI=1S/C10H19NO2Si/c1-10(2,3)14(5,6)9-11-7-8(12-4)13-9/h7H,1-6H3. The lowest BCUT2D eigenvalue weighted by atomic mass is 10.2. The van der Waals surface area contributed by atoms with E-state index in [1.807, 2.05) is 0 Å². The molecule has 0 aliphatic carbocycles. The van der Waals surface area contributed by atoms with Crippen LogP contribution >= 0.6 is 0 Å². The van der Waals surface area contributed by atoms with Crippen molar-refractivity contribution in [1.82, 2.24) is 4.98 Å². The Kier molecular flexibility index (Phi) is 2.76. The summed E-state index contributed by atoms with van der Waals surface area (Å²) in [5.41, 5.74) is 0.863. The van der Waals surface area contributed by atoms with Crippen LogP contribution in [0.25, 0.3) is 0 Å². The van der Waals surface area contributed by atoms with Crippen LogP contribution in [0.15, 0.2) is 10.6 Å². The third-order valence-corrected chi connectivity index (χ3v) is 8.15. The summed E-state index contributed by atoms with van der Waals surface area (Å²) >= 11 is 0. The van der Waals surface area contributed by atoms with Crippen molar-refractivity contribution in [2.75, 3.05) is 7.11 Å². The first-order valence-electron chi connectivity index (χ1n) is 4.79. The lowest BCUT2D eigenvalue weighted by Gasteiger charge is -2.33. The molecule has 0 N–H and O–H groups in total. The summed E-state index contributed by atoms with van der Waals surface area (Å²) in [7, 11) is -0.0410. The van der Waals surface area contributed by atoms with Gasteiger partial charge in [-0.3, -0.25) is 0 Å². The van der Waals surface area contributed by atoms with Crippen LogP contribution in [0.5, 0.6) is 5.95 Å². The van der Waals surface area contributed by atoms with Crippen LogP contribution in [0.2, 0.25) is 18.1 Å². The van der Waals surface area contributed by atoms with Crippen molar-refractivity contribution in [2.45, 2.75) is 38.9 Å². The van der Waals surface area contributed by atoms with Gasteiger partial charge in [-0.05, 0) is 5.04 Å². The SMILES string of the molecule is COc1cnc([Si](C)(C)C(C)(C)C)o1. The topological polar surface area (TPSA) is 35.3 Å². The molecule has 0 aliphatic heterocycles. The molecule has 0 bridgehead atoms. The largest absolute Gasteiger partial charge is 0.467 e. The molecule has 0 atom stereocenters. The van der Waals surface area contributed by atoms with Gasteiger partial charge in [0, 0.05) is 0 Å². The second-order valence-corrected chi connectivity index (χ2v) is 10.2. The monoisotopic (exact) mass is 213 g/mol. The van der Waals surface area contributed by atoms with Gasteiger partial charge in [-0.1, -0.05) is 33.9 Å². The summed E-state index contributed by atoms with van der Waals surface area (Å²) in [6.45, 7) is 11.2. The Morgan fingerprint density at radius 2 is 1.93 bits per heavy atom. The number of nitrogens with zero attached hydrogens (tertiary/aromatic N) is 1. The number of aromatic nitrogens is 1. The minimum absolute atomic E-state index is 0.239. The fraction of sp³-hybridized carbons (Fsp3) is 0.700. The van der Waals surface area contributed by atoms with Crippen molar-refractivity contribution in [3.05, 3.63) is 6.20 Å².